The average molecular weight is 339 g/mol. The van der Waals surface area contributed by atoms with E-state index in [-0.39, 0.29) is 12.2 Å². The highest BCUT2D eigenvalue weighted by Gasteiger charge is 2.10. The molecule has 0 spiro atoms. The third kappa shape index (κ3) is 3.46. The molecule has 2 rings (SSSR count). The first-order valence-electron chi connectivity index (χ1n) is 5.30. The van der Waals surface area contributed by atoms with Crippen molar-refractivity contribution in [2.75, 3.05) is 5.32 Å². The van der Waals surface area contributed by atoms with Gasteiger partial charge in [0.25, 0.3) is 0 Å². The van der Waals surface area contributed by atoms with Crippen LogP contribution in [0.3, 0.4) is 0 Å². The second-order valence-corrected chi connectivity index (χ2v) is 5.43. The van der Waals surface area contributed by atoms with Crippen molar-refractivity contribution in [1.82, 2.24) is 0 Å². The Labute approximate surface area is 130 Å². The van der Waals surface area contributed by atoms with Gasteiger partial charge in [-0.3, -0.25) is 0 Å². The minimum Gasteiger partial charge on any atom is -0.378 e. The molecule has 6 heteroatoms. The Bertz CT molecular complexity index is 616. The van der Waals surface area contributed by atoms with E-state index in [1.165, 1.54) is 18.2 Å². The van der Waals surface area contributed by atoms with E-state index in [9.17, 15) is 4.39 Å². The summed E-state index contributed by atoms with van der Waals surface area (Å²) in [5.41, 5.74) is 0.884. The molecule has 0 unspecified atom stereocenters. The standard InChI is InChI=1S/C13H8Cl4FN/c14-7-1-4-11(18)12(5-7)19-6-8-9(15)2-3-10(16)13(8)17/h1-5,19H,6H2. The number of anilines is 1. The summed E-state index contributed by atoms with van der Waals surface area (Å²) in [5, 5.41) is 4.54. The van der Waals surface area contributed by atoms with Crippen LogP contribution in [0, 0.1) is 5.82 Å². The lowest BCUT2D eigenvalue weighted by Crippen LogP contribution is -2.03. The van der Waals surface area contributed by atoms with Crippen LogP contribution in [0.25, 0.3) is 0 Å². The van der Waals surface area contributed by atoms with Gasteiger partial charge in [-0.1, -0.05) is 46.4 Å². The van der Waals surface area contributed by atoms with Crippen LogP contribution in [0.5, 0.6) is 0 Å². The summed E-state index contributed by atoms with van der Waals surface area (Å²) in [6, 6.07) is 7.49. The van der Waals surface area contributed by atoms with E-state index >= 15 is 0 Å². The second kappa shape index (κ2) is 6.19. The summed E-state index contributed by atoms with van der Waals surface area (Å²) in [6.45, 7) is 0.246. The van der Waals surface area contributed by atoms with Crippen LogP contribution in [0.2, 0.25) is 20.1 Å². The molecule has 100 valence electrons. The molecule has 2 aromatic carbocycles. The van der Waals surface area contributed by atoms with Gasteiger partial charge in [0.2, 0.25) is 0 Å². The minimum atomic E-state index is -0.404. The van der Waals surface area contributed by atoms with Crippen molar-refractivity contribution in [3.05, 3.63) is 61.8 Å². The molecule has 0 aliphatic carbocycles. The van der Waals surface area contributed by atoms with E-state index in [1.807, 2.05) is 0 Å². The summed E-state index contributed by atoms with van der Waals surface area (Å²) in [6.07, 6.45) is 0. The second-order valence-electron chi connectivity index (χ2n) is 3.80. The van der Waals surface area contributed by atoms with Gasteiger partial charge in [-0.25, -0.2) is 4.39 Å². The zero-order chi connectivity index (χ0) is 14.0. The molecule has 0 amide bonds. The summed E-state index contributed by atoms with van der Waals surface area (Å²) in [4.78, 5) is 0. The third-order valence-corrected chi connectivity index (χ3v) is 3.96. The molecule has 2 aromatic rings. The lowest BCUT2D eigenvalue weighted by Gasteiger charge is -2.11. The summed E-state index contributed by atoms with van der Waals surface area (Å²) in [5.74, 6) is -0.404. The molecule has 1 nitrogen and oxygen atoms in total. The molecular weight excluding hydrogens is 331 g/mol. The number of rotatable bonds is 3. The van der Waals surface area contributed by atoms with Crippen LogP contribution in [0.15, 0.2) is 30.3 Å². The number of nitrogens with one attached hydrogen (secondary N) is 1. The lowest BCUT2D eigenvalue weighted by atomic mass is 10.2. The lowest BCUT2D eigenvalue weighted by molar-refractivity contribution is 0.630. The molecule has 0 aliphatic rings. The Morgan fingerprint density at radius 2 is 1.63 bits per heavy atom. The maximum Gasteiger partial charge on any atom is 0.146 e. The molecule has 1 N–H and O–H groups in total. The summed E-state index contributed by atoms with van der Waals surface area (Å²) >= 11 is 23.8. The van der Waals surface area contributed by atoms with Gasteiger partial charge >= 0.3 is 0 Å². The SMILES string of the molecule is Fc1ccc(Cl)cc1NCc1c(Cl)ccc(Cl)c1Cl. The maximum atomic E-state index is 13.5. The van der Waals surface area contributed by atoms with Crippen molar-refractivity contribution in [3.8, 4) is 0 Å². The maximum absolute atomic E-state index is 13.5. The molecule has 0 saturated heterocycles. The fourth-order valence-electron chi connectivity index (χ4n) is 1.55. The monoisotopic (exact) mass is 337 g/mol. The Kier molecular flexibility index (Phi) is 4.80. The Morgan fingerprint density at radius 3 is 2.37 bits per heavy atom. The molecule has 0 radical (unpaired) electrons. The number of halogens is 5. The van der Waals surface area contributed by atoms with Crippen LogP contribution >= 0.6 is 46.4 Å². The first kappa shape index (κ1) is 14.7. The van der Waals surface area contributed by atoms with Crippen molar-refractivity contribution >= 4 is 52.1 Å². The zero-order valence-corrected chi connectivity index (χ0v) is 12.5. The van der Waals surface area contributed by atoms with Gasteiger partial charge in [0.1, 0.15) is 5.82 Å². The van der Waals surface area contributed by atoms with Crippen LogP contribution in [0.1, 0.15) is 5.56 Å². The van der Waals surface area contributed by atoms with Gasteiger partial charge in [0.05, 0.1) is 15.7 Å². The third-order valence-electron chi connectivity index (χ3n) is 2.52. The van der Waals surface area contributed by atoms with Gasteiger partial charge in [-0.15, -0.1) is 0 Å². The van der Waals surface area contributed by atoms with E-state index < -0.39 is 5.82 Å². The van der Waals surface area contributed by atoms with Gasteiger partial charge in [0.15, 0.2) is 0 Å². The molecule has 0 bridgehead atoms. The predicted molar refractivity (Wildman–Crippen MR) is 80.2 cm³/mol. The molecule has 0 saturated carbocycles. The van der Waals surface area contributed by atoms with E-state index in [0.29, 0.717) is 25.7 Å². The van der Waals surface area contributed by atoms with Gasteiger partial charge in [-0.2, -0.15) is 0 Å². The molecule has 0 aliphatic heterocycles. The first-order chi connectivity index (χ1) is 8.99. The number of hydrogen-bond acceptors (Lipinski definition) is 1. The normalized spacial score (nSPS) is 10.6. The highest BCUT2D eigenvalue weighted by atomic mass is 35.5. The van der Waals surface area contributed by atoms with Crippen LogP contribution in [0.4, 0.5) is 10.1 Å². The minimum absolute atomic E-state index is 0.246. The van der Waals surface area contributed by atoms with E-state index in [0.717, 1.165) is 0 Å². The van der Waals surface area contributed by atoms with Gasteiger partial charge in [-0.05, 0) is 30.3 Å². The van der Waals surface area contributed by atoms with Crippen molar-refractivity contribution in [2.24, 2.45) is 0 Å². The van der Waals surface area contributed by atoms with Gasteiger partial charge in [0, 0.05) is 22.2 Å². The first-order valence-corrected chi connectivity index (χ1v) is 6.81. The summed E-state index contributed by atoms with van der Waals surface area (Å²) < 4.78 is 13.5. The fraction of sp³-hybridized carbons (Fsp3) is 0.0769. The molecule has 0 fully saturated rings. The quantitative estimate of drug-likeness (QED) is 0.671. The molecule has 0 atom stereocenters. The average Bonchev–Trinajstić information content (AvgIpc) is 2.38. The molecule has 0 aromatic heterocycles. The topological polar surface area (TPSA) is 12.0 Å². The zero-order valence-electron chi connectivity index (χ0n) is 9.48. The fourth-order valence-corrected chi connectivity index (χ4v) is 2.40. The smallest absolute Gasteiger partial charge is 0.146 e. The Morgan fingerprint density at radius 1 is 0.947 bits per heavy atom. The predicted octanol–water partition coefficient (Wildman–Crippen LogP) is 6.05. The Balaban J connectivity index is 2.24. The number of benzene rings is 2. The van der Waals surface area contributed by atoms with E-state index in [1.54, 1.807) is 12.1 Å². The molecule has 19 heavy (non-hydrogen) atoms. The molecular formula is C13H8Cl4FN. The Hall–Kier alpha value is -0.670. The highest BCUT2D eigenvalue weighted by Crippen LogP contribution is 2.32. The van der Waals surface area contributed by atoms with Crippen LogP contribution < -0.4 is 5.32 Å². The van der Waals surface area contributed by atoms with E-state index in [4.69, 9.17) is 46.4 Å². The molecule has 0 heterocycles. The van der Waals surface area contributed by atoms with Crippen molar-refractivity contribution < 1.29 is 4.39 Å². The van der Waals surface area contributed by atoms with Gasteiger partial charge < -0.3 is 5.32 Å². The largest absolute Gasteiger partial charge is 0.378 e. The highest BCUT2D eigenvalue weighted by molar-refractivity contribution is 6.44. The summed E-state index contributed by atoms with van der Waals surface area (Å²) in [7, 11) is 0. The van der Waals surface area contributed by atoms with Crippen molar-refractivity contribution in [3.63, 3.8) is 0 Å². The number of hydrogen-bond donors (Lipinski definition) is 1. The van der Waals surface area contributed by atoms with Crippen molar-refractivity contribution in [2.45, 2.75) is 6.54 Å². The van der Waals surface area contributed by atoms with E-state index in [2.05, 4.69) is 5.32 Å². The van der Waals surface area contributed by atoms with Crippen LogP contribution in [-0.4, -0.2) is 0 Å². The van der Waals surface area contributed by atoms with Crippen LogP contribution in [-0.2, 0) is 6.54 Å². The van der Waals surface area contributed by atoms with Crippen molar-refractivity contribution in [1.29, 1.82) is 0 Å².